The van der Waals surface area contributed by atoms with Crippen molar-refractivity contribution < 1.29 is 33.1 Å². The highest BCUT2D eigenvalue weighted by Gasteiger charge is 2.47. The number of anilines is 4. The van der Waals surface area contributed by atoms with Gasteiger partial charge in [-0.15, -0.1) is 10.2 Å². The summed E-state index contributed by atoms with van der Waals surface area (Å²) in [6, 6.07) is 19.9. The molecule has 1 spiro atoms. The molecule has 0 aliphatic carbocycles. The maximum absolute atomic E-state index is 15.6. The van der Waals surface area contributed by atoms with Crippen molar-refractivity contribution in [2.24, 2.45) is 11.1 Å². The summed E-state index contributed by atoms with van der Waals surface area (Å²) in [5.41, 5.74) is 9.73. The number of imide groups is 1. The molecule has 18 nitrogen and oxygen atoms in total. The van der Waals surface area contributed by atoms with Crippen molar-refractivity contribution in [1.82, 2.24) is 35.7 Å². The molecule has 4 fully saturated rings. The second kappa shape index (κ2) is 19.2. The molecule has 3 aromatic carbocycles. The number of nitrogens with two attached hydrogens (primary N) is 1. The summed E-state index contributed by atoms with van der Waals surface area (Å²) in [7, 11) is 0. The first-order valence-corrected chi connectivity index (χ1v) is 23.9. The molecule has 0 bridgehead atoms. The van der Waals surface area contributed by atoms with Gasteiger partial charge in [0.2, 0.25) is 11.8 Å². The molecule has 3 atom stereocenters. The van der Waals surface area contributed by atoms with E-state index in [4.69, 9.17) is 15.5 Å². The molecule has 10 rings (SSSR count). The van der Waals surface area contributed by atoms with E-state index in [-0.39, 0.29) is 66.6 Å². The largest absolute Gasteiger partial charge is 0.376 e. The lowest BCUT2D eigenvalue weighted by atomic mass is 9.73. The summed E-state index contributed by atoms with van der Waals surface area (Å²) in [5.74, 6) is -1.07. The zero-order chi connectivity index (χ0) is 47.8. The topological polar surface area (TPSA) is 221 Å². The van der Waals surface area contributed by atoms with Gasteiger partial charge in [0.05, 0.1) is 30.8 Å². The molecule has 356 valence electrons. The number of piperazine rings is 1. The van der Waals surface area contributed by atoms with Crippen molar-refractivity contribution in [2.75, 3.05) is 65.9 Å². The number of piperidine rings is 2. The number of carbonyl (C=O) groups is 5. The van der Waals surface area contributed by atoms with Crippen LogP contribution in [0.15, 0.2) is 95.1 Å². The number of rotatable bonds is 11. The third-order valence-electron chi connectivity index (χ3n) is 13.9. The van der Waals surface area contributed by atoms with E-state index in [1.165, 1.54) is 22.7 Å². The number of amides is 5. The number of halogens is 1. The Labute approximate surface area is 401 Å². The number of hydrogen-bond donors (Lipinski definition) is 4. The van der Waals surface area contributed by atoms with E-state index in [2.05, 4.69) is 36.0 Å². The SMILES string of the molecule is C[C@@H]1OCC2(CCN(c3cnc(Sc4cccc(NC(=O)c5ccc(N6CCN(c7ccc(C(=O)NCc8ccc9c(c8)C(=O)N(C8CCC(=O)NC8=O)C9)nn7)CC6)c(F)c5)c4)cn3)CC2)[C@@H]1N. The van der Waals surface area contributed by atoms with Crippen LogP contribution in [-0.4, -0.2) is 119 Å². The zero-order valence-electron chi connectivity index (χ0n) is 37.9. The van der Waals surface area contributed by atoms with Gasteiger partial charge in [-0.1, -0.05) is 30.0 Å². The molecule has 5 N–H and O–H groups in total. The van der Waals surface area contributed by atoms with Crippen LogP contribution >= 0.6 is 11.8 Å². The number of aromatic nitrogens is 4. The molecule has 7 heterocycles. The van der Waals surface area contributed by atoms with Gasteiger partial charge < -0.3 is 40.7 Å². The predicted molar refractivity (Wildman–Crippen MR) is 254 cm³/mol. The summed E-state index contributed by atoms with van der Waals surface area (Å²) in [6.07, 6.45) is 6.00. The third kappa shape index (κ3) is 9.55. The van der Waals surface area contributed by atoms with Crippen molar-refractivity contribution in [3.8, 4) is 0 Å². The number of hydrogen-bond acceptors (Lipinski definition) is 15. The Hall–Kier alpha value is -7.03. The summed E-state index contributed by atoms with van der Waals surface area (Å²) in [5, 5.41) is 17.2. The van der Waals surface area contributed by atoms with Gasteiger partial charge in [-0.2, -0.15) is 0 Å². The Morgan fingerprint density at radius 2 is 1.68 bits per heavy atom. The zero-order valence-corrected chi connectivity index (χ0v) is 38.7. The molecule has 2 aromatic heterocycles. The highest BCUT2D eigenvalue weighted by Crippen LogP contribution is 2.42. The molecule has 5 aliphatic rings. The first kappa shape index (κ1) is 45.7. The summed E-state index contributed by atoms with van der Waals surface area (Å²) in [4.78, 5) is 81.4. The molecular formula is C49H51FN12O6S. The smallest absolute Gasteiger partial charge is 0.272 e. The van der Waals surface area contributed by atoms with Crippen LogP contribution in [0.25, 0.3) is 0 Å². The Balaban J connectivity index is 0.675. The highest BCUT2D eigenvalue weighted by atomic mass is 32.2. The average Bonchev–Trinajstić information content (AvgIpc) is 3.83. The Morgan fingerprint density at radius 1 is 0.884 bits per heavy atom. The Kier molecular flexibility index (Phi) is 12.7. The average molecular weight is 955 g/mol. The molecule has 69 heavy (non-hydrogen) atoms. The molecule has 20 heteroatoms. The fourth-order valence-corrected chi connectivity index (χ4v) is 10.6. The van der Waals surface area contributed by atoms with Gasteiger partial charge in [-0.3, -0.25) is 29.3 Å². The van der Waals surface area contributed by atoms with Crippen molar-refractivity contribution >= 4 is 64.3 Å². The van der Waals surface area contributed by atoms with Gasteiger partial charge in [0.1, 0.15) is 22.7 Å². The maximum Gasteiger partial charge on any atom is 0.272 e. The minimum Gasteiger partial charge on any atom is -0.376 e. The predicted octanol–water partition coefficient (Wildman–Crippen LogP) is 4.16. The van der Waals surface area contributed by atoms with Gasteiger partial charge in [-0.05, 0) is 91.9 Å². The fraction of sp³-hybridized carbons (Fsp3) is 0.367. The van der Waals surface area contributed by atoms with Crippen LogP contribution in [0.4, 0.5) is 27.4 Å². The van der Waals surface area contributed by atoms with E-state index < -0.39 is 29.6 Å². The van der Waals surface area contributed by atoms with E-state index in [9.17, 15) is 24.0 Å². The van der Waals surface area contributed by atoms with Crippen LogP contribution in [0.3, 0.4) is 0 Å². The second-order valence-electron chi connectivity index (χ2n) is 18.2. The molecule has 5 amide bonds. The molecule has 1 unspecified atom stereocenters. The van der Waals surface area contributed by atoms with E-state index in [0.29, 0.717) is 61.1 Å². The van der Waals surface area contributed by atoms with Crippen LogP contribution < -0.4 is 36.4 Å². The van der Waals surface area contributed by atoms with Crippen molar-refractivity contribution in [1.29, 1.82) is 0 Å². The van der Waals surface area contributed by atoms with Crippen LogP contribution in [-0.2, 0) is 27.4 Å². The van der Waals surface area contributed by atoms with Gasteiger partial charge in [0.25, 0.3) is 17.7 Å². The summed E-state index contributed by atoms with van der Waals surface area (Å²) in [6.45, 7) is 6.89. The highest BCUT2D eigenvalue weighted by molar-refractivity contribution is 7.99. The standard InChI is InChI=1S/C49H51FN12O6S/c1-29-44(51)49(28-68-29)13-15-60(16-14-49)41-25-53-43(26-52-41)69-34-4-2-3-33(23-34)55-45(64)31-7-9-38(36(50)22-31)59-17-19-61(20-18-59)40-11-8-37(57-58-40)46(65)54-24-30-5-6-32-27-62(48(67)35(32)21-30)39-10-12-42(63)56-47(39)66/h2-9,11,21-23,25-26,29,39,44H,10,12-20,24,27-28,51H2,1H3,(H,54,65)(H,55,64)(H,56,63,66)/t29-,39?,44+/m0/s1. The number of fused-ring (bicyclic) bond motifs is 1. The van der Waals surface area contributed by atoms with E-state index in [0.717, 1.165) is 47.2 Å². The number of ether oxygens (including phenoxy) is 1. The Bertz CT molecular complexity index is 2800. The molecule has 5 aromatic rings. The van der Waals surface area contributed by atoms with Crippen LogP contribution in [0.2, 0.25) is 0 Å². The van der Waals surface area contributed by atoms with Crippen LogP contribution in [0.1, 0.15) is 74.9 Å². The normalized spacial score (nSPS) is 21.1. The second-order valence-corrected chi connectivity index (χ2v) is 19.3. The van der Waals surface area contributed by atoms with E-state index in [1.807, 2.05) is 47.1 Å². The van der Waals surface area contributed by atoms with Crippen molar-refractivity contribution in [3.05, 3.63) is 119 Å². The molecular weight excluding hydrogens is 904 g/mol. The number of carbonyl (C=O) groups excluding carboxylic acids is 5. The Morgan fingerprint density at radius 3 is 2.39 bits per heavy atom. The number of nitrogens with zero attached hydrogens (tertiary/aromatic N) is 8. The molecule has 4 saturated heterocycles. The van der Waals surface area contributed by atoms with Gasteiger partial charge in [-0.25, -0.2) is 14.4 Å². The maximum atomic E-state index is 15.6. The first-order valence-electron chi connectivity index (χ1n) is 23.1. The van der Waals surface area contributed by atoms with Crippen LogP contribution in [0.5, 0.6) is 0 Å². The lowest BCUT2D eigenvalue weighted by Gasteiger charge is -2.41. The molecule has 0 saturated carbocycles. The van der Waals surface area contributed by atoms with Gasteiger partial charge >= 0.3 is 0 Å². The third-order valence-corrected chi connectivity index (χ3v) is 14.9. The van der Waals surface area contributed by atoms with Crippen LogP contribution in [0, 0.1) is 11.2 Å². The minimum absolute atomic E-state index is 0.0334. The summed E-state index contributed by atoms with van der Waals surface area (Å²) >= 11 is 1.43. The van der Waals surface area contributed by atoms with Crippen molar-refractivity contribution in [3.63, 3.8) is 0 Å². The quantitative estimate of drug-likeness (QED) is 0.137. The lowest BCUT2D eigenvalue weighted by molar-refractivity contribution is -0.136. The fourth-order valence-electron chi connectivity index (χ4n) is 9.82. The number of benzene rings is 3. The van der Waals surface area contributed by atoms with E-state index in [1.54, 1.807) is 48.8 Å². The monoisotopic (exact) mass is 954 g/mol. The molecule has 5 aliphatic heterocycles. The lowest BCUT2D eigenvalue weighted by Crippen LogP contribution is -2.52. The molecule has 0 radical (unpaired) electrons. The van der Waals surface area contributed by atoms with E-state index >= 15 is 4.39 Å². The van der Waals surface area contributed by atoms with Gasteiger partial charge in [0, 0.05) is 91.9 Å². The first-order chi connectivity index (χ1) is 33.4. The summed E-state index contributed by atoms with van der Waals surface area (Å²) < 4.78 is 21.5. The van der Waals surface area contributed by atoms with Crippen molar-refractivity contribution in [2.45, 2.75) is 73.8 Å². The number of nitrogens with one attached hydrogen (secondary N) is 3. The minimum atomic E-state index is -0.703. The van der Waals surface area contributed by atoms with Gasteiger partial charge in [0.15, 0.2) is 11.5 Å².